The van der Waals surface area contributed by atoms with Gasteiger partial charge in [-0.3, -0.25) is 9.59 Å². The van der Waals surface area contributed by atoms with Crippen molar-refractivity contribution in [3.63, 3.8) is 0 Å². The number of carbonyl (C=O) groups is 2. The zero-order chi connectivity index (χ0) is 18.7. The van der Waals surface area contributed by atoms with Gasteiger partial charge in [0.25, 0.3) is 11.8 Å². The summed E-state index contributed by atoms with van der Waals surface area (Å²) in [6.07, 6.45) is 1.87. The summed E-state index contributed by atoms with van der Waals surface area (Å²) in [6.45, 7) is 5.52. The lowest BCUT2D eigenvalue weighted by Gasteiger charge is -2.30. The average molecular weight is 372 g/mol. The highest BCUT2D eigenvalue weighted by atomic mass is 32.1. The summed E-state index contributed by atoms with van der Waals surface area (Å²) in [5.41, 5.74) is 8.30. The van der Waals surface area contributed by atoms with Gasteiger partial charge in [0.15, 0.2) is 0 Å². The minimum atomic E-state index is -0.202. The van der Waals surface area contributed by atoms with Gasteiger partial charge >= 0.3 is 0 Å². The number of thiophene rings is 1. The molecule has 3 N–H and O–H groups in total. The quantitative estimate of drug-likeness (QED) is 0.861. The first-order valence-corrected chi connectivity index (χ1v) is 9.87. The summed E-state index contributed by atoms with van der Waals surface area (Å²) in [5.74, 6) is 0.156. The number of amides is 2. The highest BCUT2D eigenvalue weighted by molar-refractivity contribution is 7.14. The number of benzene rings is 1. The Morgan fingerprint density at radius 1 is 1.23 bits per heavy atom. The summed E-state index contributed by atoms with van der Waals surface area (Å²) in [5, 5.41) is 5.31. The molecule has 1 aliphatic rings. The summed E-state index contributed by atoms with van der Waals surface area (Å²) in [6, 6.07) is 9.38. The molecule has 26 heavy (non-hydrogen) atoms. The van der Waals surface area contributed by atoms with E-state index in [0.29, 0.717) is 35.1 Å². The van der Waals surface area contributed by atoms with Crippen molar-refractivity contribution in [2.75, 3.05) is 18.4 Å². The smallest absolute Gasteiger partial charge is 0.256 e. The number of piperidine rings is 1. The fraction of sp³-hybridized carbons (Fsp3) is 0.400. The molecule has 0 saturated carbocycles. The van der Waals surface area contributed by atoms with Crippen LogP contribution in [0, 0.1) is 0 Å². The van der Waals surface area contributed by atoms with Gasteiger partial charge in [-0.25, -0.2) is 0 Å². The van der Waals surface area contributed by atoms with E-state index in [1.54, 1.807) is 11.0 Å². The van der Waals surface area contributed by atoms with E-state index in [1.165, 1.54) is 16.9 Å². The summed E-state index contributed by atoms with van der Waals surface area (Å²) in [7, 11) is 0. The molecule has 3 rings (SSSR count). The molecule has 1 fully saturated rings. The fourth-order valence-corrected chi connectivity index (χ4v) is 3.91. The Kier molecular flexibility index (Phi) is 5.74. The largest absolute Gasteiger partial charge is 0.337 e. The van der Waals surface area contributed by atoms with Crippen molar-refractivity contribution in [1.82, 2.24) is 4.90 Å². The van der Waals surface area contributed by atoms with Crippen LogP contribution < -0.4 is 11.1 Å². The molecule has 1 unspecified atom stereocenters. The molecule has 0 spiro atoms. The second-order valence-corrected chi connectivity index (χ2v) is 7.96. The van der Waals surface area contributed by atoms with Crippen molar-refractivity contribution >= 4 is 28.2 Å². The Hall–Kier alpha value is -2.18. The van der Waals surface area contributed by atoms with E-state index >= 15 is 0 Å². The van der Waals surface area contributed by atoms with Gasteiger partial charge in [0, 0.05) is 24.7 Å². The zero-order valence-corrected chi connectivity index (χ0v) is 16.0. The van der Waals surface area contributed by atoms with Gasteiger partial charge in [0.2, 0.25) is 0 Å². The molecule has 2 amide bonds. The van der Waals surface area contributed by atoms with Gasteiger partial charge in [-0.15, -0.1) is 11.3 Å². The molecular formula is C20H25N3O2S. The number of hydrogen-bond donors (Lipinski definition) is 2. The van der Waals surface area contributed by atoms with Crippen LogP contribution in [0.4, 0.5) is 5.00 Å². The number of nitrogens with two attached hydrogens (primary N) is 1. The van der Waals surface area contributed by atoms with E-state index in [1.807, 2.05) is 29.6 Å². The van der Waals surface area contributed by atoms with Crippen LogP contribution in [0.1, 0.15) is 58.9 Å². The van der Waals surface area contributed by atoms with E-state index in [0.717, 1.165) is 12.8 Å². The molecule has 1 aromatic heterocycles. The molecule has 6 heteroatoms. The molecular weight excluding hydrogens is 346 g/mol. The highest BCUT2D eigenvalue weighted by Crippen LogP contribution is 2.26. The van der Waals surface area contributed by atoms with E-state index in [9.17, 15) is 9.59 Å². The zero-order valence-electron chi connectivity index (χ0n) is 15.2. The van der Waals surface area contributed by atoms with E-state index in [4.69, 9.17) is 5.73 Å². The molecule has 0 aliphatic carbocycles. The molecule has 1 aliphatic heterocycles. The molecule has 5 nitrogen and oxygen atoms in total. The molecule has 1 saturated heterocycles. The van der Waals surface area contributed by atoms with E-state index in [2.05, 4.69) is 19.2 Å². The number of carbonyl (C=O) groups excluding carboxylic acids is 2. The fourth-order valence-electron chi connectivity index (χ4n) is 3.13. The van der Waals surface area contributed by atoms with Gasteiger partial charge in [-0.05, 0) is 47.9 Å². The van der Waals surface area contributed by atoms with Gasteiger partial charge in [-0.2, -0.15) is 0 Å². The molecule has 2 heterocycles. The Morgan fingerprint density at radius 2 is 1.96 bits per heavy atom. The van der Waals surface area contributed by atoms with Crippen LogP contribution >= 0.6 is 11.3 Å². The molecule has 1 atom stereocenters. The second kappa shape index (κ2) is 8.01. The number of hydrogen-bond acceptors (Lipinski definition) is 4. The second-order valence-electron chi connectivity index (χ2n) is 7.05. The lowest BCUT2D eigenvalue weighted by Crippen LogP contribution is -2.45. The maximum absolute atomic E-state index is 12.8. The van der Waals surface area contributed by atoms with Crippen molar-refractivity contribution in [3.05, 3.63) is 52.4 Å². The van der Waals surface area contributed by atoms with Crippen molar-refractivity contribution in [1.29, 1.82) is 0 Å². The van der Waals surface area contributed by atoms with Crippen LogP contribution in [-0.4, -0.2) is 35.8 Å². The summed E-state index contributed by atoms with van der Waals surface area (Å²) >= 11 is 1.36. The van der Waals surface area contributed by atoms with Crippen molar-refractivity contribution in [3.8, 4) is 0 Å². The Morgan fingerprint density at radius 3 is 2.62 bits per heavy atom. The number of rotatable bonds is 4. The standard InChI is InChI=1S/C20H25N3O2S/c1-13(2)14-5-7-15(8-6-14)18(24)22-19-17(9-11-26-19)20(25)23-10-3-4-16(21)12-23/h5-9,11,13,16H,3-4,10,12,21H2,1-2H3,(H,22,24). The first kappa shape index (κ1) is 18.6. The van der Waals surface area contributed by atoms with Crippen LogP contribution in [0.5, 0.6) is 0 Å². The van der Waals surface area contributed by atoms with Crippen LogP contribution in [-0.2, 0) is 0 Å². The maximum atomic E-state index is 12.8. The third kappa shape index (κ3) is 4.14. The van der Waals surface area contributed by atoms with Gasteiger partial charge < -0.3 is 16.0 Å². The molecule has 1 aromatic carbocycles. The molecule has 138 valence electrons. The lowest BCUT2D eigenvalue weighted by atomic mass is 10.0. The van der Waals surface area contributed by atoms with Crippen LogP contribution in [0.25, 0.3) is 0 Å². The van der Waals surface area contributed by atoms with Crippen LogP contribution in [0.15, 0.2) is 35.7 Å². The molecule has 0 bridgehead atoms. The minimum absolute atomic E-state index is 0.0313. The SMILES string of the molecule is CC(C)c1ccc(C(=O)Nc2sccc2C(=O)N2CCCC(N)C2)cc1. The summed E-state index contributed by atoms with van der Waals surface area (Å²) < 4.78 is 0. The summed E-state index contributed by atoms with van der Waals surface area (Å²) in [4.78, 5) is 27.1. The van der Waals surface area contributed by atoms with Gasteiger partial charge in [0.1, 0.15) is 5.00 Å². The Labute approximate surface area is 158 Å². The predicted molar refractivity (Wildman–Crippen MR) is 106 cm³/mol. The third-order valence-corrected chi connectivity index (χ3v) is 5.54. The first-order valence-electron chi connectivity index (χ1n) is 8.99. The minimum Gasteiger partial charge on any atom is -0.337 e. The number of likely N-dealkylation sites (tertiary alicyclic amines) is 1. The van der Waals surface area contributed by atoms with Crippen LogP contribution in [0.2, 0.25) is 0 Å². The Balaban J connectivity index is 1.72. The van der Waals surface area contributed by atoms with E-state index in [-0.39, 0.29) is 17.9 Å². The normalized spacial score (nSPS) is 17.4. The Bertz CT molecular complexity index is 783. The van der Waals surface area contributed by atoms with Crippen LogP contribution in [0.3, 0.4) is 0 Å². The van der Waals surface area contributed by atoms with Crippen molar-refractivity contribution in [2.24, 2.45) is 5.73 Å². The van der Waals surface area contributed by atoms with E-state index < -0.39 is 0 Å². The average Bonchev–Trinajstić information content (AvgIpc) is 3.09. The van der Waals surface area contributed by atoms with Gasteiger partial charge in [-0.1, -0.05) is 26.0 Å². The number of anilines is 1. The predicted octanol–water partition coefficient (Wildman–Crippen LogP) is 3.69. The number of nitrogens with one attached hydrogen (secondary N) is 1. The molecule has 0 radical (unpaired) electrons. The maximum Gasteiger partial charge on any atom is 0.256 e. The molecule has 2 aromatic rings. The van der Waals surface area contributed by atoms with Crippen molar-refractivity contribution < 1.29 is 9.59 Å². The highest BCUT2D eigenvalue weighted by Gasteiger charge is 2.25. The van der Waals surface area contributed by atoms with Crippen molar-refractivity contribution in [2.45, 2.75) is 38.6 Å². The number of nitrogens with zero attached hydrogens (tertiary/aromatic N) is 1. The topological polar surface area (TPSA) is 75.4 Å². The lowest BCUT2D eigenvalue weighted by molar-refractivity contribution is 0.0710. The monoisotopic (exact) mass is 371 g/mol. The third-order valence-electron chi connectivity index (χ3n) is 4.71. The van der Waals surface area contributed by atoms with Gasteiger partial charge in [0.05, 0.1) is 5.56 Å². The first-order chi connectivity index (χ1) is 12.5.